The van der Waals surface area contributed by atoms with Crippen LogP contribution in [0.25, 0.3) is 0 Å². The standard InChI is InChI=1S/C11H16BNO/c1-4-5-11(12,14)10-6-8(2)9(3)7-13-10/h4-7,10,13-14H,1-3H3/b5-4-. The van der Waals surface area contributed by atoms with Crippen molar-refractivity contribution in [1.29, 1.82) is 0 Å². The Kier molecular flexibility index (Phi) is 3.22. The fraction of sp³-hybridized carbons (Fsp3) is 0.455. The van der Waals surface area contributed by atoms with Crippen molar-refractivity contribution in [2.75, 3.05) is 0 Å². The molecule has 0 fully saturated rings. The number of dihydropyridines is 1. The lowest BCUT2D eigenvalue weighted by Crippen LogP contribution is -2.48. The molecule has 0 spiro atoms. The highest BCUT2D eigenvalue weighted by Gasteiger charge is 2.27. The Hall–Kier alpha value is -0.955. The predicted molar refractivity (Wildman–Crippen MR) is 60.0 cm³/mol. The van der Waals surface area contributed by atoms with Gasteiger partial charge >= 0.3 is 0 Å². The van der Waals surface area contributed by atoms with E-state index in [4.69, 9.17) is 7.85 Å². The van der Waals surface area contributed by atoms with E-state index in [1.165, 1.54) is 0 Å². The van der Waals surface area contributed by atoms with Crippen molar-refractivity contribution in [2.45, 2.75) is 32.3 Å². The van der Waals surface area contributed by atoms with Gasteiger partial charge in [0.25, 0.3) is 0 Å². The second-order valence-corrected chi connectivity index (χ2v) is 3.71. The zero-order valence-corrected chi connectivity index (χ0v) is 8.91. The molecule has 2 N–H and O–H groups in total. The number of rotatable bonds is 2. The van der Waals surface area contributed by atoms with Gasteiger partial charge < -0.3 is 10.4 Å². The van der Waals surface area contributed by atoms with Crippen molar-refractivity contribution in [3.63, 3.8) is 0 Å². The number of hydrogen-bond donors (Lipinski definition) is 2. The Morgan fingerprint density at radius 2 is 2.14 bits per heavy atom. The van der Waals surface area contributed by atoms with Gasteiger partial charge in [0, 0.05) is 6.20 Å². The van der Waals surface area contributed by atoms with Gasteiger partial charge in [0.15, 0.2) is 0 Å². The van der Waals surface area contributed by atoms with Crippen molar-refractivity contribution in [3.8, 4) is 0 Å². The maximum Gasteiger partial charge on any atom is 0.122 e. The summed E-state index contributed by atoms with van der Waals surface area (Å²) >= 11 is 0. The monoisotopic (exact) mass is 189 g/mol. The number of nitrogens with one attached hydrogen (secondary N) is 1. The number of aliphatic hydroxyl groups is 1. The highest BCUT2D eigenvalue weighted by Crippen LogP contribution is 2.19. The normalized spacial score (nSPS) is 26.4. The van der Waals surface area contributed by atoms with Crippen LogP contribution in [-0.2, 0) is 0 Å². The molecule has 0 aromatic heterocycles. The molecule has 14 heavy (non-hydrogen) atoms. The molecule has 2 atom stereocenters. The summed E-state index contributed by atoms with van der Waals surface area (Å²) < 4.78 is 0. The Morgan fingerprint density at radius 3 is 2.64 bits per heavy atom. The van der Waals surface area contributed by atoms with E-state index in [0.717, 1.165) is 11.1 Å². The van der Waals surface area contributed by atoms with E-state index in [1.54, 1.807) is 12.2 Å². The summed E-state index contributed by atoms with van der Waals surface area (Å²) in [5.74, 6) is 0. The first-order valence-electron chi connectivity index (χ1n) is 4.74. The molecule has 2 unspecified atom stereocenters. The van der Waals surface area contributed by atoms with Crippen LogP contribution in [0.1, 0.15) is 20.8 Å². The average molecular weight is 189 g/mol. The van der Waals surface area contributed by atoms with Crippen molar-refractivity contribution < 1.29 is 5.11 Å². The zero-order valence-electron chi connectivity index (χ0n) is 8.91. The molecule has 74 valence electrons. The van der Waals surface area contributed by atoms with Crippen molar-refractivity contribution in [1.82, 2.24) is 5.32 Å². The van der Waals surface area contributed by atoms with Crippen molar-refractivity contribution in [3.05, 3.63) is 35.6 Å². The maximum absolute atomic E-state index is 9.90. The lowest BCUT2D eigenvalue weighted by molar-refractivity contribution is 0.153. The minimum absolute atomic E-state index is 0.262. The third-order valence-electron chi connectivity index (χ3n) is 2.45. The Labute approximate surface area is 86.8 Å². The summed E-state index contributed by atoms with van der Waals surface area (Å²) in [5, 5.41) is 13.0. The van der Waals surface area contributed by atoms with Crippen LogP contribution < -0.4 is 5.32 Å². The molecule has 1 rings (SSSR count). The lowest BCUT2D eigenvalue weighted by atomic mass is 9.73. The Balaban J connectivity index is 2.84. The van der Waals surface area contributed by atoms with Crippen molar-refractivity contribution >= 4 is 7.85 Å². The third kappa shape index (κ3) is 2.29. The second kappa shape index (κ2) is 4.05. The van der Waals surface area contributed by atoms with Gasteiger partial charge in [0.2, 0.25) is 0 Å². The van der Waals surface area contributed by atoms with Gasteiger partial charge in [-0.05, 0) is 31.9 Å². The molecule has 0 saturated carbocycles. The fourth-order valence-corrected chi connectivity index (χ4v) is 1.40. The molecule has 0 saturated heterocycles. The lowest BCUT2D eigenvalue weighted by Gasteiger charge is -2.32. The largest absolute Gasteiger partial charge is 0.393 e. The van der Waals surface area contributed by atoms with Gasteiger partial charge in [-0.2, -0.15) is 0 Å². The first-order valence-corrected chi connectivity index (χ1v) is 4.74. The first kappa shape index (κ1) is 11.1. The van der Waals surface area contributed by atoms with E-state index >= 15 is 0 Å². The molecule has 0 aromatic carbocycles. The zero-order chi connectivity index (χ0) is 10.8. The molecule has 3 heteroatoms. The highest BCUT2D eigenvalue weighted by molar-refractivity contribution is 6.16. The molecule has 1 aliphatic heterocycles. The van der Waals surface area contributed by atoms with Crippen LogP contribution in [0.3, 0.4) is 0 Å². The minimum atomic E-state index is -1.33. The number of hydrogen-bond acceptors (Lipinski definition) is 2. The topological polar surface area (TPSA) is 32.3 Å². The molecule has 1 heterocycles. The van der Waals surface area contributed by atoms with Crippen LogP contribution in [-0.4, -0.2) is 24.5 Å². The molecule has 0 aromatic rings. The molecule has 0 amide bonds. The first-order chi connectivity index (χ1) is 6.47. The summed E-state index contributed by atoms with van der Waals surface area (Å²) in [5.41, 5.74) is 0.979. The average Bonchev–Trinajstić information content (AvgIpc) is 2.09. The summed E-state index contributed by atoms with van der Waals surface area (Å²) in [4.78, 5) is 0. The van der Waals surface area contributed by atoms with E-state index in [-0.39, 0.29) is 6.04 Å². The third-order valence-corrected chi connectivity index (χ3v) is 2.45. The fourth-order valence-electron chi connectivity index (χ4n) is 1.40. The molecule has 2 radical (unpaired) electrons. The quantitative estimate of drug-likeness (QED) is 0.506. The second-order valence-electron chi connectivity index (χ2n) is 3.71. The summed E-state index contributed by atoms with van der Waals surface area (Å²) in [6.07, 6.45) is 7.15. The predicted octanol–water partition coefficient (Wildman–Crippen LogP) is 1.24. The van der Waals surface area contributed by atoms with Crippen LogP contribution in [0.4, 0.5) is 0 Å². The van der Waals surface area contributed by atoms with Gasteiger partial charge in [-0.3, -0.25) is 0 Å². The van der Waals surface area contributed by atoms with Crippen LogP contribution in [0, 0.1) is 0 Å². The van der Waals surface area contributed by atoms with Gasteiger partial charge in [-0.1, -0.05) is 18.2 Å². The van der Waals surface area contributed by atoms with E-state index in [1.807, 2.05) is 33.0 Å². The van der Waals surface area contributed by atoms with Crippen LogP contribution in [0.15, 0.2) is 35.6 Å². The SMILES string of the molecule is [B]C(O)(/C=C\C)C1C=C(C)C(C)=CN1. The van der Waals surface area contributed by atoms with E-state index in [2.05, 4.69) is 5.32 Å². The molecule has 1 aliphatic rings. The molecule has 0 bridgehead atoms. The molecular weight excluding hydrogens is 173 g/mol. The summed E-state index contributed by atoms with van der Waals surface area (Å²) in [6, 6.07) is -0.262. The summed E-state index contributed by atoms with van der Waals surface area (Å²) in [7, 11) is 5.74. The number of allylic oxidation sites excluding steroid dienone is 3. The molecular formula is C11H16BNO. The van der Waals surface area contributed by atoms with Crippen molar-refractivity contribution in [2.24, 2.45) is 0 Å². The molecule has 0 aliphatic carbocycles. The Bertz CT molecular complexity index is 302. The maximum atomic E-state index is 9.90. The highest BCUT2D eigenvalue weighted by atomic mass is 16.3. The van der Waals surface area contributed by atoms with Gasteiger partial charge in [-0.15, -0.1) is 0 Å². The molecule has 2 nitrogen and oxygen atoms in total. The van der Waals surface area contributed by atoms with E-state index in [0.29, 0.717) is 0 Å². The van der Waals surface area contributed by atoms with E-state index in [9.17, 15) is 5.11 Å². The van der Waals surface area contributed by atoms with E-state index < -0.39 is 5.50 Å². The van der Waals surface area contributed by atoms with Gasteiger partial charge in [-0.25, -0.2) is 0 Å². The van der Waals surface area contributed by atoms with Crippen LogP contribution in [0.5, 0.6) is 0 Å². The van der Waals surface area contributed by atoms with Gasteiger partial charge in [0.05, 0.1) is 11.5 Å². The summed E-state index contributed by atoms with van der Waals surface area (Å²) in [6.45, 7) is 5.85. The smallest absolute Gasteiger partial charge is 0.122 e. The van der Waals surface area contributed by atoms with Crippen LogP contribution in [0.2, 0.25) is 0 Å². The Morgan fingerprint density at radius 1 is 1.50 bits per heavy atom. The van der Waals surface area contributed by atoms with Crippen LogP contribution >= 0.6 is 0 Å². The van der Waals surface area contributed by atoms with Gasteiger partial charge in [0.1, 0.15) is 7.85 Å². The minimum Gasteiger partial charge on any atom is -0.393 e.